The molecule has 1 amide bonds. The molecule has 0 unspecified atom stereocenters. The van der Waals surface area contributed by atoms with Gasteiger partial charge in [-0.05, 0) is 38.1 Å². The van der Waals surface area contributed by atoms with Crippen LogP contribution in [0.3, 0.4) is 0 Å². The first-order valence-corrected chi connectivity index (χ1v) is 7.78. The highest BCUT2D eigenvalue weighted by molar-refractivity contribution is 5.79. The number of piperazine rings is 1. The van der Waals surface area contributed by atoms with Gasteiger partial charge < -0.3 is 20.2 Å². The van der Waals surface area contributed by atoms with Crippen molar-refractivity contribution in [2.75, 3.05) is 44.2 Å². The Morgan fingerprint density at radius 2 is 1.76 bits per heavy atom. The molecule has 0 bridgehead atoms. The first kappa shape index (κ1) is 14.2. The summed E-state index contributed by atoms with van der Waals surface area (Å²) in [6.07, 6.45) is 1.91. The average molecular weight is 289 g/mol. The molecule has 2 N–H and O–H groups in total. The fraction of sp³-hybridized carbons (Fsp3) is 0.562. The van der Waals surface area contributed by atoms with Gasteiger partial charge >= 0.3 is 0 Å². The van der Waals surface area contributed by atoms with Crippen LogP contribution < -0.4 is 10.2 Å². The molecule has 0 atom stereocenters. The van der Waals surface area contributed by atoms with Gasteiger partial charge in [0, 0.05) is 32.1 Å². The molecule has 2 fully saturated rings. The number of phenols is 1. The molecule has 114 valence electrons. The first-order chi connectivity index (χ1) is 10.3. The summed E-state index contributed by atoms with van der Waals surface area (Å²) in [6, 6.07) is 7.40. The van der Waals surface area contributed by atoms with E-state index in [-0.39, 0.29) is 5.92 Å². The number of nitrogens with one attached hydrogen (secondary N) is 1. The SMILES string of the molecule is O=C(C1CCNCC1)N1CCN(c2ccccc2O)CC1. The maximum Gasteiger partial charge on any atom is 0.225 e. The monoisotopic (exact) mass is 289 g/mol. The quantitative estimate of drug-likeness (QED) is 0.854. The van der Waals surface area contributed by atoms with E-state index in [1.807, 2.05) is 23.1 Å². The number of carbonyl (C=O) groups excluding carboxylic acids is 1. The molecule has 5 heteroatoms. The fourth-order valence-electron chi connectivity index (χ4n) is 3.23. The maximum absolute atomic E-state index is 12.5. The molecule has 1 aromatic carbocycles. The minimum absolute atomic E-state index is 0.197. The number of aromatic hydroxyl groups is 1. The lowest BCUT2D eigenvalue weighted by molar-refractivity contribution is -0.136. The van der Waals surface area contributed by atoms with Crippen LogP contribution in [0.15, 0.2) is 24.3 Å². The van der Waals surface area contributed by atoms with E-state index < -0.39 is 0 Å². The molecule has 5 nitrogen and oxygen atoms in total. The first-order valence-electron chi connectivity index (χ1n) is 7.78. The van der Waals surface area contributed by atoms with Gasteiger partial charge in [0.2, 0.25) is 5.91 Å². The molecule has 3 rings (SSSR count). The number of nitrogens with zero attached hydrogens (tertiary/aromatic N) is 2. The largest absolute Gasteiger partial charge is 0.506 e. The molecule has 0 aliphatic carbocycles. The molecule has 0 aromatic heterocycles. The normalized spacial score (nSPS) is 20.6. The summed E-state index contributed by atoms with van der Waals surface area (Å²) >= 11 is 0. The van der Waals surface area contributed by atoms with Crippen LogP contribution in [0.1, 0.15) is 12.8 Å². The Bertz CT molecular complexity index is 492. The summed E-state index contributed by atoms with van der Waals surface area (Å²) in [6.45, 7) is 4.97. The lowest BCUT2D eigenvalue weighted by atomic mass is 9.96. The summed E-state index contributed by atoms with van der Waals surface area (Å²) < 4.78 is 0. The molecule has 0 spiro atoms. The third-order valence-electron chi connectivity index (χ3n) is 4.50. The van der Waals surface area contributed by atoms with Gasteiger partial charge in [-0.25, -0.2) is 0 Å². The van der Waals surface area contributed by atoms with Crippen molar-refractivity contribution in [3.8, 4) is 5.75 Å². The van der Waals surface area contributed by atoms with Gasteiger partial charge in [0.1, 0.15) is 5.75 Å². The van der Waals surface area contributed by atoms with Crippen LogP contribution in [0.2, 0.25) is 0 Å². The van der Waals surface area contributed by atoms with Crippen LogP contribution in [0, 0.1) is 5.92 Å². The Morgan fingerprint density at radius 3 is 2.43 bits per heavy atom. The van der Waals surface area contributed by atoms with E-state index >= 15 is 0 Å². The van der Waals surface area contributed by atoms with Gasteiger partial charge in [0.05, 0.1) is 5.69 Å². The molecule has 2 aliphatic rings. The smallest absolute Gasteiger partial charge is 0.225 e. The number of phenolic OH excluding ortho intramolecular Hbond substituents is 1. The lowest BCUT2D eigenvalue weighted by Crippen LogP contribution is -2.51. The van der Waals surface area contributed by atoms with E-state index in [0.29, 0.717) is 11.7 Å². The van der Waals surface area contributed by atoms with Crippen molar-refractivity contribution in [2.24, 2.45) is 5.92 Å². The fourth-order valence-corrected chi connectivity index (χ4v) is 3.23. The number of piperidine rings is 1. The molecular weight excluding hydrogens is 266 g/mol. The highest BCUT2D eigenvalue weighted by Gasteiger charge is 2.28. The third-order valence-corrected chi connectivity index (χ3v) is 4.50. The van der Waals surface area contributed by atoms with Crippen molar-refractivity contribution in [1.82, 2.24) is 10.2 Å². The lowest BCUT2D eigenvalue weighted by Gasteiger charge is -2.38. The van der Waals surface area contributed by atoms with Gasteiger partial charge in [-0.15, -0.1) is 0 Å². The summed E-state index contributed by atoms with van der Waals surface area (Å²) in [4.78, 5) is 16.6. The second-order valence-corrected chi connectivity index (χ2v) is 5.83. The Hall–Kier alpha value is -1.75. The summed E-state index contributed by atoms with van der Waals surface area (Å²) in [7, 11) is 0. The number of carbonyl (C=O) groups is 1. The number of anilines is 1. The van der Waals surface area contributed by atoms with E-state index in [0.717, 1.165) is 57.8 Å². The van der Waals surface area contributed by atoms with Crippen molar-refractivity contribution < 1.29 is 9.90 Å². The molecular formula is C16H23N3O2. The summed E-state index contributed by atoms with van der Waals surface area (Å²) in [5.41, 5.74) is 0.867. The van der Waals surface area contributed by atoms with Crippen molar-refractivity contribution >= 4 is 11.6 Å². The summed E-state index contributed by atoms with van der Waals surface area (Å²) in [5.74, 6) is 0.826. The zero-order valence-corrected chi connectivity index (χ0v) is 12.3. The molecule has 2 heterocycles. The molecule has 0 saturated carbocycles. The number of benzene rings is 1. The van der Waals surface area contributed by atoms with Crippen LogP contribution >= 0.6 is 0 Å². The Morgan fingerprint density at radius 1 is 1.10 bits per heavy atom. The van der Waals surface area contributed by atoms with E-state index in [1.165, 1.54) is 0 Å². The standard InChI is InChI=1S/C16H23N3O2/c20-15-4-2-1-3-14(15)18-9-11-19(12-10-18)16(21)13-5-7-17-8-6-13/h1-4,13,17,20H,5-12H2. The van der Waals surface area contributed by atoms with Gasteiger partial charge in [0.25, 0.3) is 0 Å². The second-order valence-electron chi connectivity index (χ2n) is 5.83. The molecule has 2 aliphatic heterocycles. The predicted molar refractivity (Wildman–Crippen MR) is 82.5 cm³/mol. The zero-order valence-electron chi connectivity index (χ0n) is 12.3. The molecule has 2 saturated heterocycles. The topological polar surface area (TPSA) is 55.8 Å². The number of para-hydroxylation sites is 2. The molecule has 1 aromatic rings. The van der Waals surface area contributed by atoms with Crippen LogP contribution in [-0.4, -0.2) is 55.2 Å². The number of rotatable bonds is 2. The zero-order chi connectivity index (χ0) is 14.7. The number of hydrogen-bond donors (Lipinski definition) is 2. The van der Waals surface area contributed by atoms with E-state index in [4.69, 9.17) is 0 Å². The van der Waals surface area contributed by atoms with E-state index in [2.05, 4.69) is 10.2 Å². The van der Waals surface area contributed by atoms with Crippen molar-refractivity contribution in [1.29, 1.82) is 0 Å². The Labute approximate surface area is 125 Å². The van der Waals surface area contributed by atoms with Crippen LogP contribution in [-0.2, 0) is 4.79 Å². The number of amides is 1. The van der Waals surface area contributed by atoms with Gasteiger partial charge in [-0.3, -0.25) is 4.79 Å². The van der Waals surface area contributed by atoms with Gasteiger partial charge in [0.15, 0.2) is 0 Å². The van der Waals surface area contributed by atoms with Crippen molar-refractivity contribution in [3.05, 3.63) is 24.3 Å². The molecule has 21 heavy (non-hydrogen) atoms. The maximum atomic E-state index is 12.5. The van der Waals surface area contributed by atoms with Crippen molar-refractivity contribution in [3.63, 3.8) is 0 Å². The average Bonchev–Trinajstić information content (AvgIpc) is 2.56. The van der Waals surface area contributed by atoms with E-state index in [9.17, 15) is 9.90 Å². The highest BCUT2D eigenvalue weighted by atomic mass is 16.3. The highest BCUT2D eigenvalue weighted by Crippen LogP contribution is 2.27. The van der Waals surface area contributed by atoms with Crippen LogP contribution in [0.25, 0.3) is 0 Å². The minimum Gasteiger partial charge on any atom is -0.506 e. The Balaban J connectivity index is 1.57. The number of hydrogen-bond acceptors (Lipinski definition) is 4. The van der Waals surface area contributed by atoms with E-state index in [1.54, 1.807) is 6.07 Å². The minimum atomic E-state index is 0.197. The van der Waals surface area contributed by atoms with Crippen LogP contribution in [0.4, 0.5) is 5.69 Å². The van der Waals surface area contributed by atoms with Gasteiger partial charge in [-0.1, -0.05) is 12.1 Å². The second kappa shape index (κ2) is 6.35. The summed E-state index contributed by atoms with van der Waals surface area (Å²) in [5, 5.41) is 13.2. The van der Waals surface area contributed by atoms with Crippen LogP contribution in [0.5, 0.6) is 5.75 Å². The molecule has 0 radical (unpaired) electrons. The predicted octanol–water partition coefficient (Wildman–Crippen LogP) is 1.04. The van der Waals surface area contributed by atoms with Gasteiger partial charge in [-0.2, -0.15) is 0 Å². The Kier molecular flexibility index (Phi) is 4.29. The third kappa shape index (κ3) is 3.13. The van der Waals surface area contributed by atoms with Crippen molar-refractivity contribution in [2.45, 2.75) is 12.8 Å².